The molecule has 3 nitrogen and oxygen atoms in total. The first-order valence-corrected chi connectivity index (χ1v) is 14.8. The Bertz CT molecular complexity index is 1630. The maximum Gasteiger partial charge on any atom is 0.119 e. The molecule has 0 radical (unpaired) electrons. The third-order valence-electron chi connectivity index (χ3n) is 7.14. The fraction of sp³-hybridized carbons (Fsp3) is 0.114. The van der Waals surface area contributed by atoms with Gasteiger partial charge >= 0.3 is 0 Å². The number of thiol groups is 1. The van der Waals surface area contributed by atoms with Crippen molar-refractivity contribution in [1.29, 1.82) is 0 Å². The first kappa shape index (κ1) is 27.6. The van der Waals surface area contributed by atoms with Crippen molar-refractivity contribution in [2.75, 3.05) is 5.75 Å². The van der Waals surface area contributed by atoms with Crippen LogP contribution in [0.15, 0.2) is 110 Å². The second-order valence-electron chi connectivity index (χ2n) is 9.71. The van der Waals surface area contributed by atoms with E-state index in [9.17, 15) is 0 Å². The minimum atomic E-state index is 0.129. The zero-order valence-electron chi connectivity index (χ0n) is 22.5. The zero-order chi connectivity index (χ0) is 28.1. The number of nitrogens with one attached hydrogen (secondary N) is 1. The Hall–Kier alpha value is -3.93. The first-order chi connectivity index (χ1) is 19.6. The molecule has 2 heterocycles. The van der Waals surface area contributed by atoms with Gasteiger partial charge in [-0.15, -0.1) is 11.8 Å². The van der Waals surface area contributed by atoms with E-state index in [2.05, 4.69) is 110 Å². The van der Waals surface area contributed by atoms with E-state index in [0.29, 0.717) is 5.92 Å². The van der Waals surface area contributed by atoms with Gasteiger partial charge in [0.2, 0.25) is 0 Å². The van der Waals surface area contributed by atoms with Crippen LogP contribution in [0.3, 0.4) is 0 Å². The van der Waals surface area contributed by atoms with Gasteiger partial charge in [-0.1, -0.05) is 92.9 Å². The molecule has 1 aromatic heterocycles. The average Bonchev–Trinajstić information content (AvgIpc) is 3.56. The van der Waals surface area contributed by atoms with Gasteiger partial charge in [-0.2, -0.15) is 12.6 Å². The molecular formula is C35H33N3S2. The van der Waals surface area contributed by atoms with Gasteiger partial charge in [0, 0.05) is 24.2 Å². The maximum atomic E-state index is 6.27. The highest BCUT2D eigenvalue weighted by Crippen LogP contribution is 2.43. The highest BCUT2D eigenvalue weighted by Gasteiger charge is 2.21. The summed E-state index contributed by atoms with van der Waals surface area (Å²) in [6.07, 6.45) is 13.7. The van der Waals surface area contributed by atoms with Gasteiger partial charge in [-0.25, -0.2) is 0 Å². The standard InChI is InChI=1S/C35H33N3S2/c1-4-28-29(5-2)34(27-14-16-32(38-21-27)35-37-17-18-40-35)31-19-25(24-9-7-6-8-10-24)13-15-30(31)33(28)26(20-36)12-11-23(3)22-39/h4-21,23,35,37,39H,1-2,22,36H2,3H3/b12-11-,26-20+. The van der Waals surface area contributed by atoms with Crippen LogP contribution in [0.4, 0.5) is 0 Å². The number of nitrogens with two attached hydrogens (primary N) is 1. The molecule has 0 saturated carbocycles. The number of thioether (sulfide) groups is 1. The zero-order valence-corrected chi connectivity index (χ0v) is 24.3. The van der Waals surface area contributed by atoms with Crippen LogP contribution in [0.25, 0.3) is 50.8 Å². The quantitative estimate of drug-likeness (QED) is 0.141. The molecule has 1 aliphatic heterocycles. The van der Waals surface area contributed by atoms with E-state index in [0.717, 1.165) is 66.7 Å². The van der Waals surface area contributed by atoms with Crippen molar-refractivity contribution in [3.05, 3.63) is 132 Å². The van der Waals surface area contributed by atoms with Crippen LogP contribution in [-0.4, -0.2) is 10.7 Å². The number of rotatable bonds is 9. The van der Waals surface area contributed by atoms with Crippen molar-refractivity contribution >= 4 is 52.9 Å². The fourth-order valence-electron chi connectivity index (χ4n) is 5.08. The van der Waals surface area contributed by atoms with E-state index in [-0.39, 0.29) is 5.37 Å². The minimum absolute atomic E-state index is 0.129. The summed E-state index contributed by atoms with van der Waals surface area (Å²) in [6.45, 7) is 10.6. The second kappa shape index (κ2) is 12.5. The molecule has 200 valence electrons. The molecule has 2 unspecified atom stereocenters. The molecule has 0 fully saturated rings. The van der Waals surface area contributed by atoms with E-state index < -0.39 is 0 Å². The van der Waals surface area contributed by atoms with Crippen LogP contribution >= 0.6 is 24.4 Å². The number of aromatic nitrogens is 1. The molecule has 0 saturated heterocycles. The lowest BCUT2D eigenvalue weighted by molar-refractivity contribution is 0.828. The molecule has 0 aliphatic carbocycles. The molecule has 4 aromatic rings. The molecule has 5 rings (SSSR count). The summed E-state index contributed by atoms with van der Waals surface area (Å²) in [6, 6.07) is 21.3. The van der Waals surface area contributed by atoms with Crippen molar-refractivity contribution in [2.24, 2.45) is 11.7 Å². The van der Waals surface area contributed by atoms with Gasteiger partial charge < -0.3 is 11.1 Å². The number of hydrogen-bond acceptors (Lipinski definition) is 5. The number of pyridine rings is 1. The van der Waals surface area contributed by atoms with Crippen LogP contribution in [-0.2, 0) is 0 Å². The summed E-state index contributed by atoms with van der Waals surface area (Å²) in [4.78, 5) is 4.85. The highest BCUT2D eigenvalue weighted by molar-refractivity contribution is 8.02. The molecule has 40 heavy (non-hydrogen) atoms. The van der Waals surface area contributed by atoms with Crippen molar-refractivity contribution in [1.82, 2.24) is 10.3 Å². The lowest BCUT2D eigenvalue weighted by Gasteiger charge is -2.21. The predicted molar refractivity (Wildman–Crippen MR) is 180 cm³/mol. The maximum absolute atomic E-state index is 6.27. The van der Waals surface area contributed by atoms with E-state index in [1.807, 2.05) is 30.6 Å². The van der Waals surface area contributed by atoms with E-state index in [1.165, 1.54) is 0 Å². The van der Waals surface area contributed by atoms with Crippen molar-refractivity contribution in [2.45, 2.75) is 12.3 Å². The summed E-state index contributed by atoms with van der Waals surface area (Å²) in [7, 11) is 0. The first-order valence-electron chi connectivity index (χ1n) is 13.3. The Balaban J connectivity index is 1.80. The Labute approximate surface area is 246 Å². The Morgan fingerprint density at radius 1 is 1.02 bits per heavy atom. The predicted octanol–water partition coefficient (Wildman–Crippen LogP) is 9.08. The van der Waals surface area contributed by atoms with Crippen LogP contribution < -0.4 is 11.1 Å². The van der Waals surface area contributed by atoms with Crippen molar-refractivity contribution in [3.8, 4) is 22.3 Å². The van der Waals surface area contributed by atoms with E-state index in [1.54, 1.807) is 18.0 Å². The van der Waals surface area contributed by atoms with Gasteiger partial charge in [-0.3, -0.25) is 4.98 Å². The van der Waals surface area contributed by atoms with E-state index >= 15 is 0 Å². The third kappa shape index (κ3) is 5.40. The number of fused-ring (bicyclic) bond motifs is 1. The molecule has 2 atom stereocenters. The summed E-state index contributed by atoms with van der Waals surface area (Å²) < 4.78 is 0. The molecule has 0 amide bonds. The number of benzene rings is 3. The second-order valence-corrected chi connectivity index (χ2v) is 11.1. The van der Waals surface area contributed by atoms with Gasteiger partial charge in [0.1, 0.15) is 5.37 Å². The fourth-order valence-corrected chi connectivity index (χ4v) is 5.95. The largest absolute Gasteiger partial charge is 0.404 e. The summed E-state index contributed by atoms with van der Waals surface area (Å²) in [5.74, 6) is 1.07. The Morgan fingerprint density at radius 2 is 1.80 bits per heavy atom. The normalized spacial score (nSPS) is 15.8. The van der Waals surface area contributed by atoms with Crippen LogP contribution in [0.5, 0.6) is 0 Å². The monoisotopic (exact) mass is 559 g/mol. The van der Waals surface area contributed by atoms with Gasteiger partial charge in [-0.05, 0) is 78.9 Å². The lowest BCUT2D eigenvalue weighted by Crippen LogP contribution is -2.08. The SMILES string of the molecule is C=Cc1c(C=C)c(-c2ccc(C3NC=CS3)nc2)c2cc(-c3ccccc3)ccc2c1C(/C=C\C(C)CS)=C/N. The minimum Gasteiger partial charge on any atom is -0.404 e. The smallest absolute Gasteiger partial charge is 0.119 e. The number of hydrogen-bond donors (Lipinski definition) is 3. The molecule has 0 spiro atoms. The van der Waals surface area contributed by atoms with Gasteiger partial charge in [0.25, 0.3) is 0 Å². The van der Waals surface area contributed by atoms with Crippen molar-refractivity contribution in [3.63, 3.8) is 0 Å². The number of allylic oxidation sites excluding steroid dienone is 3. The Kier molecular flexibility index (Phi) is 8.63. The van der Waals surface area contributed by atoms with E-state index in [4.69, 9.17) is 10.7 Å². The number of nitrogens with zero attached hydrogens (tertiary/aromatic N) is 1. The molecule has 5 heteroatoms. The molecule has 0 bridgehead atoms. The third-order valence-corrected chi connectivity index (χ3v) is 8.66. The van der Waals surface area contributed by atoms with Crippen molar-refractivity contribution < 1.29 is 0 Å². The molecule has 3 aromatic carbocycles. The molecule has 1 aliphatic rings. The Morgan fingerprint density at radius 3 is 2.42 bits per heavy atom. The average molecular weight is 560 g/mol. The van der Waals surface area contributed by atoms with Gasteiger partial charge in [0.05, 0.1) is 5.69 Å². The highest BCUT2D eigenvalue weighted by atomic mass is 32.2. The van der Waals surface area contributed by atoms with Gasteiger partial charge in [0.15, 0.2) is 0 Å². The lowest BCUT2D eigenvalue weighted by atomic mass is 9.82. The van der Waals surface area contributed by atoms with Crippen LogP contribution in [0, 0.1) is 5.92 Å². The molecule has 3 N–H and O–H groups in total. The topological polar surface area (TPSA) is 50.9 Å². The summed E-state index contributed by atoms with van der Waals surface area (Å²) in [5.41, 5.74) is 15.6. The van der Waals surface area contributed by atoms with Crippen LogP contribution in [0.2, 0.25) is 0 Å². The summed E-state index contributed by atoms with van der Waals surface area (Å²) >= 11 is 6.17. The van der Waals surface area contributed by atoms with Crippen LogP contribution in [0.1, 0.15) is 34.7 Å². The summed E-state index contributed by atoms with van der Waals surface area (Å²) in [5, 5.41) is 7.72. The molecular weight excluding hydrogens is 527 g/mol.